The Morgan fingerprint density at radius 3 is 2.13 bits per heavy atom. The Labute approximate surface area is 86.5 Å². The summed E-state index contributed by atoms with van der Waals surface area (Å²) in [5.74, 6) is 0. The van der Waals surface area contributed by atoms with Crippen LogP contribution in [0.4, 0.5) is 24.5 Å². The van der Waals surface area contributed by atoms with E-state index in [1.807, 2.05) is 0 Å². The van der Waals surface area contributed by atoms with E-state index in [4.69, 9.17) is 5.73 Å². The van der Waals surface area contributed by atoms with Crippen molar-refractivity contribution in [1.82, 2.24) is 0 Å². The molecule has 0 unspecified atom stereocenters. The molecule has 2 N–H and O–H groups in total. The first-order valence-electron chi connectivity index (χ1n) is 4.59. The minimum atomic E-state index is -4.18. The molecule has 0 saturated heterocycles. The van der Waals surface area contributed by atoms with E-state index in [1.54, 1.807) is 31.2 Å². The molecule has 84 valence electrons. The summed E-state index contributed by atoms with van der Waals surface area (Å²) >= 11 is 0. The first kappa shape index (κ1) is 11.7. The zero-order chi connectivity index (χ0) is 11.5. The van der Waals surface area contributed by atoms with Crippen molar-refractivity contribution in [2.75, 3.05) is 23.7 Å². The SMILES string of the molecule is CCN(CC(F)(F)F)c1ccc(N)cc1. The second-order valence-electron chi connectivity index (χ2n) is 3.22. The van der Waals surface area contributed by atoms with Crippen LogP contribution in [0.15, 0.2) is 24.3 Å². The molecule has 1 rings (SSSR count). The van der Waals surface area contributed by atoms with Crippen LogP contribution in [0.1, 0.15) is 6.92 Å². The van der Waals surface area contributed by atoms with Crippen LogP contribution in [0.25, 0.3) is 0 Å². The minimum Gasteiger partial charge on any atom is -0.399 e. The second-order valence-corrected chi connectivity index (χ2v) is 3.22. The summed E-state index contributed by atoms with van der Waals surface area (Å²) in [6, 6.07) is 6.36. The number of benzene rings is 1. The summed E-state index contributed by atoms with van der Waals surface area (Å²) in [7, 11) is 0. The van der Waals surface area contributed by atoms with Gasteiger partial charge in [-0.15, -0.1) is 0 Å². The largest absolute Gasteiger partial charge is 0.405 e. The Kier molecular flexibility index (Phi) is 3.44. The van der Waals surface area contributed by atoms with Crippen LogP contribution in [0.5, 0.6) is 0 Å². The van der Waals surface area contributed by atoms with Crippen molar-refractivity contribution in [3.05, 3.63) is 24.3 Å². The fourth-order valence-corrected chi connectivity index (χ4v) is 1.29. The molecule has 0 atom stereocenters. The maximum atomic E-state index is 12.2. The molecule has 0 spiro atoms. The summed E-state index contributed by atoms with van der Waals surface area (Å²) in [4.78, 5) is 1.25. The molecule has 0 aromatic heterocycles. The predicted molar refractivity (Wildman–Crippen MR) is 54.8 cm³/mol. The number of rotatable bonds is 3. The molecule has 0 aliphatic rings. The van der Waals surface area contributed by atoms with Gasteiger partial charge in [-0.1, -0.05) is 0 Å². The lowest BCUT2D eigenvalue weighted by molar-refractivity contribution is -0.119. The highest BCUT2D eigenvalue weighted by Gasteiger charge is 2.30. The third kappa shape index (κ3) is 3.69. The number of alkyl halides is 3. The second kappa shape index (κ2) is 4.42. The normalized spacial score (nSPS) is 11.5. The van der Waals surface area contributed by atoms with Crippen molar-refractivity contribution in [3.8, 4) is 0 Å². The summed E-state index contributed by atoms with van der Waals surface area (Å²) in [5, 5.41) is 0. The Bertz CT molecular complexity index is 305. The minimum absolute atomic E-state index is 0.309. The van der Waals surface area contributed by atoms with Gasteiger partial charge >= 0.3 is 6.18 Å². The van der Waals surface area contributed by atoms with Crippen LogP contribution in [-0.2, 0) is 0 Å². The van der Waals surface area contributed by atoms with Gasteiger partial charge in [0.15, 0.2) is 0 Å². The predicted octanol–water partition coefficient (Wildman–Crippen LogP) is 2.66. The highest BCUT2D eigenvalue weighted by molar-refractivity contribution is 5.53. The van der Waals surface area contributed by atoms with E-state index < -0.39 is 12.7 Å². The lowest BCUT2D eigenvalue weighted by Gasteiger charge is -2.24. The van der Waals surface area contributed by atoms with Crippen molar-refractivity contribution >= 4 is 11.4 Å². The number of halogens is 3. The number of hydrogen-bond donors (Lipinski definition) is 1. The number of hydrogen-bond acceptors (Lipinski definition) is 2. The molecule has 15 heavy (non-hydrogen) atoms. The third-order valence-electron chi connectivity index (χ3n) is 2.01. The lowest BCUT2D eigenvalue weighted by atomic mass is 10.2. The molecular weight excluding hydrogens is 205 g/mol. The summed E-state index contributed by atoms with van der Waals surface area (Å²) < 4.78 is 36.6. The quantitative estimate of drug-likeness (QED) is 0.790. The van der Waals surface area contributed by atoms with Gasteiger partial charge < -0.3 is 10.6 Å². The molecule has 5 heteroatoms. The first-order chi connectivity index (χ1) is 6.92. The van der Waals surface area contributed by atoms with Crippen molar-refractivity contribution in [1.29, 1.82) is 0 Å². The third-order valence-corrected chi connectivity index (χ3v) is 2.01. The molecule has 0 saturated carbocycles. The van der Waals surface area contributed by atoms with Gasteiger partial charge in [-0.25, -0.2) is 0 Å². The van der Waals surface area contributed by atoms with Crippen LogP contribution < -0.4 is 10.6 Å². The Balaban J connectivity index is 2.79. The van der Waals surface area contributed by atoms with Crippen LogP contribution in [0, 0.1) is 0 Å². The maximum Gasteiger partial charge on any atom is 0.405 e. The van der Waals surface area contributed by atoms with Gasteiger partial charge in [0.05, 0.1) is 0 Å². The van der Waals surface area contributed by atoms with Gasteiger partial charge in [0.25, 0.3) is 0 Å². The van der Waals surface area contributed by atoms with E-state index in [1.165, 1.54) is 4.90 Å². The topological polar surface area (TPSA) is 29.3 Å². The summed E-state index contributed by atoms with van der Waals surface area (Å²) in [6.07, 6.45) is -4.18. The number of nitrogens with two attached hydrogens (primary N) is 1. The molecule has 0 heterocycles. The fourth-order valence-electron chi connectivity index (χ4n) is 1.29. The smallest absolute Gasteiger partial charge is 0.399 e. The van der Waals surface area contributed by atoms with Gasteiger partial charge in [0.1, 0.15) is 6.54 Å². The summed E-state index contributed by atoms with van der Waals surface area (Å²) in [5.41, 5.74) is 6.53. The highest BCUT2D eigenvalue weighted by atomic mass is 19.4. The molecule has 1 aromatic carbocycles. The van der Waals surface area contributed by atoms with Gasteiger partial charge in [-0.3, -0.25) is 0 Å². The zero-order valence-electron chi connectivity index (χ0n) is 8.38. The zero-order valence-corrected chi connectivity index (χ0v) is 8.38. The van der Waals surface area contributed by atoms with Crippen LogP contribution >= 0.6 is 0 Å². The number of nitrogens with zero attached hydrogens (tertiary/aromatic N) is 1. The average molecular weight is 218 g/mol. The van der Waals surface area contributed by atoms with E-state index in [0.717, 1.165) is 0 Å². The Morgan fingerprint density at radius 2 is 1.73 bits per heavy atom. The van der Waals surface area contributed by atoms with Crippen LogP contribution in [0.2, 0.25) is 0 Å². The molecule has 0 bridgehead atoms. The molecular formula is C10H13F3N2. The molecule has 0 fully saturated rings. The van der Waals surface area contributed by atoms with Gasteiger partial charge in [0.2, 0.25) is 0 Å². The van der Waals surface area contributed by atoms with E-state index >= 15 is 0 Å². The van der Waals surface area contributed by atoms with Crippen molar-refractivity contribution in [2.45, 2.75) is 13.1 Å². The number of nitrogen functional groups attached to an aromatic ring is 1. The van der Waals surface area contributed by atoms with Gasteiger partial charge in [0, 0.05) is 17.9 Å². The van der Waals surface area contributed by atoms with E-state index in [0.29, 0.717) is 17.9 Å². The Hall–Kier alpha value is -1.39. The van der Waals surface area contributed by atoms with Gasteiger partial charge in [-0.2, -0.15) is 13.2 Å². The summed E-state index contributed by atoms with van der Waals surface area (Å²) in [6.45, 7) is 1.05. The van der Waals surface area contributed by atoms with E-state index in [-0.39, 0.29) is 0 Å². The average Bonchev–Trinajstić information content (AvgIpc) is 2.14. The van der Waals surface area contributed by atoms with Crippen LogP contribution in [-0.4, -0.2) is 19.3 Å². The van der Waals surface area contributed by atoms with Crippen LogP contribution in [0.3, 0.4) is 0 Å². The molecule has 1 aromatic rings. The van der Waals surface area contributed by atoms with Crippen molar-refractivity contribution < 1.29 is 13.2 Å². The van der Waals surface area contributed by atoms with Crippen molar-refractivity contribution in [3.63, 3.8) is 0 Å². The van der Waals surface area contributed by atoms with E-state index in [2.05, 4.69) is 0 Å². The molecule has 0 aliphatic carbocycles. The highest BCUT2D eigenvalue weighted by Crippen LogP contribution is 2.22. The molecule has 0 radical (unpaired) electrons. The molecule has 0 amide bonds. The number of anilines is 2. The maximum absolute atomic E-state index is 12.2. The monoisotopic (exact) mass is 218 g/mol. The molecule has 0 aliphatic heterocycles. The Morgan fingerprint density at radius 1 is 1.20 bits per heavy atom. The first-order valence-corrected chi connectivity index (χ1v) is 4.59. The fraction of sp³-hybridized carbons (Fsp3) is 0.400. The lowest BCUT2D eigenvalue weighted by Crippen LogP contribution is -2.33. The van der Waals surface area contributed by atoms with E-state index in [9.17, 15) is 13.2 Å². The molecule has 2 nitrogen and oxygen atoms in total. The van der Waals surface area contributed by atoms with Crippen molar-refractivity contribution in [2.24, 2.45) is 0 Å². The standard InChI is InChI=1S/C10H13F3N2/c1-2-15(7-10(11,12)13)9-5-3-8(14)4-6-9/h3-6H,2,7,14H2,1H3. The van der Waals surface area contributed by atoms with Gasteiger partial charge in [-0.05, 0) is 31.2 Å².